The summed E-state index contributed by atoms with van der Waals surface area (Å²) in [5, 5.41) is 8.99. The fourth-order valence-electron chi connectivity index (χ4n) is 3.34. The summed E-state index contributed by atoms with van der Waals surface area (Å²) in [7, 11) is 0. The van der Waals surface area contributed by atoms with Gasteiger partial charge in [-0.15, -0.1) is 5.10 Å². The predicted molar refractivity (Wildman–Crippen MR) is 108 cm³/mol. The number of carbonyl (C=O) groups excluding carboxylic acids is 2. The highest BCUT2D eigenvalue weighted by molar-refractivity contribution is 6.34. The second kappa shape index (κ2) is 7.93. The number of ether oxygens (including phenoxy) is 1. The van der Waals surface area contributed by atoms with Crippen LogP contribution in [-0.2, 0) is 22.2 Å². The van der Waals surface area contributed by atoms with Gasteiger partial charge in [-0.05, 0) is 31.9 Å². The first-order valence-electron chi connectivity index (χ1n) is 9.39. The molecule has 0 bridgehead atoms. The van der Waals surface area contributed by atoms with Gasteiger partial charge in [0, 0.05) is 23.9 Å². The lowest BCUT2D eigenvalue weighted by molar-refractivity contribution is -0.144. The van der Waals surface area contributed by atoms with Crippen LogP contribution in [0.5, 0.6) is 5.75 Å². The van der Waals surface area contributed by atoms with Gasteiger partial charge in [-0.2, -0.15) is 18.2 Å². The highest BCUT2D eigenvalue weighted by Crippen LogP contribution is 2.36. The third-order valence-electron chi connectivity index (χ3n) is 4.88. The van der Waals surface area contributed by atoms with Crippen LogP contribution in [0.3, 0.4) is 0 Å². The number of anilines is 2. The molecule has 0 atom stereocenters. The minimum Gasteiger partial charge on any atom is -0.482 e. The fourth-order valence-corrected chi connectivity index (χ4v) is 3.55. The number of alkyl halides is 3. The van der Waals surface area contributed by atoms with Gasteiger partial charge in [-0.3, -0.25) is 9.59 Å². The van der Waals surface area contributed by atoms with Gasteiger partial charge in [0.25, 0.3) is 17.5 Å². The minimum atomic E-state index is -4.69. The number of hydrogen-bond donors (Lipinski definition) is 2. The van der Waals surface area contributed by atoms with Crippen LogP contribution in [0.25, 0.3) is 5.78 Å². The highest BCUT2D eigenvalue weighted by Gasteiger charge is 2.37. The molecule has 0 unspecified atom stereocenters. The van der Waals surface area contributed by atoms with Crippen LogP contribution >= 0.6 is 11.6 Å². The Labute approximate surface area is 183 Å². The first-order chi connectivity index (χ1) is 15.0. The Bertz CT molecular complexity index is 1260. The molecule has 32 heavy (non-hydrogen) atoms. The number of benzene rings is 1. The number of fused-ring (bicyclic) bond motifs is 2. The van der Waals surface area contributed by atoms with Gasteiger partial charge in [-0.1, -0.05) is 11.6 Å². The standard InChI is InChI=1S/C19H16ClF3N6O3/c1-8-10(9(2)29-18(24-8)27-17(28-29)19(21,22)23)3-4-15(30)25-12-6-14-13(5-11(12)20)26-16(31)7-32-14/h5-6H,3-4,7H2,1-2H3,(H,25,30)(H,26,31). The molecule has 2 N–H and O–H groups in total. The van der Waals surface area contributed by atoms with E-state index in [0.717, 1.165) is 4.52 Å². The second-order valence-electron chi connectivity index (χ2n) is 7.12. The molecule has 168 valence electrons. The van der Waals surface area contributed by atoms with Gasteiger partial charge < -0.3 is 15.4 Å². The van der Waals surface area contributed by atoms with Gasteiger partial charge in [-0.25, -0.2) is 9.50 Å². The Balaban J connectivity index is 1.50. The quantitative estimate of drug-likeness (QED) is 0.608. The molecule has 0 saturated heterocycles. The highest BCUT2D eigenvalue weighted by atomic mass is 35.5. The maximum Gasteiger partial charge on any atom is 0.453 e. The molecule has 3 aromatic rings. The number of carbonyl (C=O) groups is 2. The van der Waals surface area contributed by atoms with Crippen LogP contribution in [0.1, 0.15) is 29.2 Å². The summed E-state index contributed by atoms with van der Waals surface area (Å²) in [4.78, 5) is 31.4. The molecule has 13 heteroatoms. The molecule has 0 aliphatic carbocycles. The molecule has 0 radical (unpaired) electrons. The van der Waals surface area contributed by atoms with Crippen molar-refractivity contribution < 1.29 is 27.5 Å². The summed E-state index contributed by atoms with van der Waals surface area (Å²) in [6.45, 7) is 3.08. The summed E-state index contributed by atoms with van der Waals surface area (Å²) in [6, 6.07) is 2.98. The Morgan fingerprint density at radius 1 is 1.31 bits per heavy atom. The lowest BCUT2D eigenvalue weighted by Gasteiger charge is -2.19. The molecule has 2 amide bonds. The average molecular weight is 469 g/mol. The van der Waals surface area contributed by atoms with E-state index in [0.29, 0.717) is 34.1 Å². The molecule has 0 fully saturated rings. The zero-order valence-electron chi connectivity index (χ0n) is 16.8. The first-order valence-corrected chi connectivity index (χ1v) is 9.77. The van der Waals surface area contributed by atoms with E-state index in [9.17, 15) is 22.8 Å². The summed E-state index contributed by atoms with van der Waals surface area (Å²) in [5.74, 6) is -1.75. The van der Waals surface area contributed by atoms with Crippen LogP contribution < -0.4 is 15.4 Å². The SMILES string of the molecule is Cc1nc2nc(C(F)(F)F)nn2c(C)c1CCC(=O)Nc1cc2c(cc1Cl)NC(=O)CO2. The fraction of sp³-hybridized carbons (Fsp3) is 0.316. The van der Waals surface area contributed by atoms with Crippen LogP contribution in [0, 0.1) is 13.8 Å². The van der Waals surface area contributed by atoms with E-state index in [1.165, 1.54) is 12.1 Å². The third kappa shape index (κ3) is 4.17. The van der Waals surface area contributed by atoms with Gasteiger partial charge >= 0.3 is 6.18 Å². The number of aryl methyl sites for hydroxylation is 2. The molecule has 0 saturated carbocycles. The summed E-state index contributed by atoms with van der Waals surface area (Å²) in [5.41, 5.74) is 2.17. The molecule has 0 spiro atoms. The number of nitrogens with zero attached hydrogens (tertiary/aromatic N) is 4. The van der Waals surface area contributed by atoms with Crippen molar-refractivity contribution in [2.45, 2.75) is 32.9 Å². The number of halogens is 4. The van der Waals surface area contributed by atoms with E-state index in [2.05, 4.69) is 25.7 Å². The largest absolute Gasteiger partial charge is 0.482 e. The molecular weight excluding hydrogens is 453 g/mol. The lowest BCUT2D eigenvalue weighted by Crippen LogP contribution is -2.25. The van der Waals surface area contributed by atoms with Gasteiger partial charge in [0.05, 0.1) is 16.4 Å². The summed E-state index contributed by atoms with van der Waals surface area (Å²) >= 11 is 6.18. The first kappa shape index (κ1) is 21.8. The van der Waals surface area contributed by atoms with E-state index in [-0.39, 0.29) is 42.1 Å². The maximum absolute atomic E-state index is 12.9. The molecule has 4 rings (SSSR count). The van der Waals surface area contributed by atoms with E-state index >= 15 is 0 Å². The molecule has 3 heterocycles. The zero-order chi connectivity index (χ0) is 23.2. The lowest BCUT2D eigenvalue weighted by atomic mass is 10.1. The van der Waals surface area contributed by atoms with Crippen molar-refractivity contribution >= 4 is 40.6 Å². The maximum atomic E-state index is 12.9. The van der Waals surface area contributed by atoms with Gasteiger partial charge in [0.2, 0.25) is 5.91 Å². The van der Waals surface area contributed by atoms with Crippen molar-refractivity contribution in [1.29, 1.82) is 0 Å². The van der Waals surface area contributed by atoms with Crippen molar-refractivity contribution in [1.82, 2.24) is 19.6 Å². The van der Waals surface area contributed by atoms with Crippen LogP contribution in [0.2, 0.25) is 5.02 Å². The molecule has 2 aromatic heterocycles. The molecular formula is C19H16ClF3N6O3. The van der Waals surface area contributed by atoms with E-state index in [1.807, 2.05) is 0 Å². The summed E-state index contributed by atoms with van der Waals surface area (Å²) in [6.07, 6.45) is -4.46. The van der Waals surface area contributed by atoms with Crippen molar-refractivity contribution in [2.24, 2.45) is 0 Å². The zero-order valence-corrected chi connectivity index (χ0v) is 17.6. The van der Waals surface area contributed by atoms with Crippen LogP contribution in [-0.4, -0.2) is 38.0 Å². The van der Waals surface area contributed by atoms with Gasteiger partial charge in [0.15, 0.2) is 6.61 Å². The average Bonchev–Trinajstić information content (AvgIpc) is 3.13. The number of rotatable bonds is 4. The minimum absolute atomic E-state index is 0.0146. The van der Waals surface area contributed by atoms with Crippen LogP contribution in [0.4, 0.5) is 24.5 Å². The summed E-state index contributed by atoms with van der Waals surface area (Å²) < 4.78 is 45.1. The molecule has 9 nitrogen and oxygen atoms in total. The Morgan fingerprint density at radius 2 is 2.06 bits per heavy atom. The molecule has 1 aliphatic heterocycles. The van der Waals surface area contributed by atoms with E-state index in [1.54, 1.807) is 13.8 Å². The van der Waals surface area contributed by atoms with Crippen molar-refractivity contribution in [3.8, 4) is 5.75 Å². The number of hydrogen-bond acceptors (Lipinski definition) is 6. The van der Waals surface area contributed by atoms with Crippen molar-refractivity contribution in [2.75, 3.05) is 17.2 Å². The normalized spacial score (nSPS) is 13.5. The van der Waals surface area contributed by atoms with Crippen LogP contribution in [0.15, 0.2) is 12.1 Å². The van der Waals surface area contributed by atoms with Crippen molar-refractivity contribution in [3.05, 3.63) is 39.9 Å². The monoisotopic (exact) mass is 468 g/mol. The topological polar surface area (TPSA) is 111 Å². The second-order valence-corrected chi connectivity index (χ2v) is 7.53. The predicted octanol–water partition coefficient (Wildman–Crippen LogP) is 3.32. The molecule has 1 aliphatic rings. The Hall–Kier alpha value is -3.41. The Morgan fingerprint density at radius 3 is 2.78 bits per heavy atom. The number of amides is 2. The molecule has 1 aromatic carbocycles. The van der Waals surface area contributed by atoms with Gasteiger partial charge in [0.1, 0.15) is 5.75 Å². The number of aromatic nitrogens is 4. The Kier molecular flexibility index (Phi) is 5.41. The third-order valence-corrected chi connectivity index (χ3v) is 5.19. The van der Waals surface area contributed by atoms with Crippen molar-refractivity contribution in [3.63, 3.8) is 0 Å². The van der Waals surface area contributed by atoms with E-state index < -0.39 is 12.0 Å². The smallest absolute Gasteiger partial charge is 0.453 e. The van der Waals surface area contributed by atoms with E-state index in [4.69, 9.17) is 16.3 Å². The number of nitrogens with one attached hydrogen (secondary N) is 2.